The Labute approximate surface area is 193 Å². The lowest BCUT2D eigenvalue weighted by atomic mass is 9.97. The first-order valence-electron chi connectivity index (χ1n) is 10.8. The number of aliphatic carboxylic acids is 1. The van der Waals surface area contributed by atoms with Gasteiger partial charge in [-0.15, -0.1) is 0 Å². The van der Waals surface area contributed by atoms with Crippen LogP contribution in [0.25, 0.3) is 11.1 Å². The molecule has 1 aliphatic rings. The van der Waals surface area contributed by atoms with E-state index >= 15 is 0 Å². The number of hydrogen-bond donors (Lipinski definition) is 4. The fourth-order valence-corrected chi connectivity index (χ4v) is 3.93. The van der Waals surface area contributed by atoms with E-state index in [0.717, 1.165) is 22.3 Å². The second kappa shape index (κ2) is 9.62. The molecule has 2 amide bonds. The van der Waals surface area contributed by atoms with Gasteiger partial charge in [0.05, 0.1) is 6.61 Å². The number of aliphatic hydroxyl groups is 1. The molecule has 33 heavy (non-hydrogen) atoms. The smallest absolute Gasteiger partial charge is 0.407 e. The number of fused-ring (bicyclic) bond motifs is 3. The number of carbonyl (C=O) groups is 3. The van der Waals surface area contributed by atoms with Gasteiger partial charge in [0.1, 0.15) is 6.61 Å². The summed E-state index contributed by atoms with van der Waals surface area (Å²) >= 11 is 0. The van der Waals surface area contributed by atoms with Crippen molar-refractivity contribution < 1.29 is 29.3 Å². The summed E-state index contributed by atoms with van der Waals surface area (Å²) < 4.78 is 5.55. The van der Waals surface area contributed by atoms with E-state index in [1.165, 1.54) is 6.92 Å². The maximum Gasteiger partial charge on any atom is 0.407 e. The topological polar surface area (TPSA) is 125 Å². The molecule has 0 radical (unpaired) electrons. The maximum atomic E-state index is 12.5. The first kappa shape index (κ1) is 24.3. The summed E-state index contributed by atoms with van der Waals surface area (Å²) in [5.74, 6) is -1.91. The van der Waals surface area contributed by atoms with E-state index in [0.29, 0.717) is 0 Å². The van der Waals surface area contributed by atoms with Crippen molar-refractivity contribution in [1.29, 1.82) is 0 Å². The Bertz CT molecular complexity index is 1010. The van der Waals surface area contributed by atoms with Gasteiger partial charge in [0, 0.05) is 17.9 Å². The normalized spacial score (nSPS) is 14.5. The van der Waals surface area contributed by atoms with Crippen LogP contribution in [-0.2, 0) is 14.3 Å². The molecule has 0 saturated carbocycles. The molecule has 2 aromatic carbocycles. The van der Waals surface area contributed by atoms with Crippen molar-refractivity contribution in [2.45, 2.75) is 50.6 Å². The number of hydrogen-bond acceptors (Lipinski definition) is 5. The van der Waals surface area contributed by atoms with Crippen LogP contribution in [0.5, 0.6) is 0 Å². The van der Waals surface area contributed by atoms with E-state index in [1.807, 2.05) is 36.4 Å². The average molecular weight is 455 g/mol. The third-order valence-electron chi connectivity index (χ3n) is 5.96. The molecule has 4 N–H and O–H groups in total. The van der Waals surface area contributed by atoms with Crippen LogP contribution >= 0.6 is 0 Å². The van der Waals surface area contributed by atoms with Gasteiger partial charge in [0.2, 0.25) is 5.91 Å². The SMILES string of the molecule is CC(C)(CCC(=O)NC(C)(CO)C(=O)O)NC(=O)OCC1c2ccccc2-c2ccccc21. The minimum atomic E-state index is -1.75. The fraction of sp³-hybridized carbons (Fsp3) is 0.400. The molecule has 0 heterocycles. The van der Waals surface area contributed by atoms with Crippen LogP contribution in [0.15, 0.2) is 48.5 Å². The summed E-state index contributed by atoms with van der Waals surface area (Å²) in [5, 5.41) is 23.5. The van der Waals surface area contributed by atoms with Crippen LogP contribution in [0.2, 0.25) is 0 Å². The predicted octanol–water partition coefficient (Wildman–Crippen LogP) is 3.04. The van der Waals surface area contributed by atoms with Gasteiger partial charge in [-0.3, -0.25) is 4.79 Å². The minimum absolute atomic E-state index is 0.0282. The maximum absolute atomic E-state index is 12.5. The van der Waals surface area contributed by atoms with Gasteiger partial charge in [-0.2, -0.15) is 0 Å². The number of carbonyl (C=O) groups excluding carboxylic acids is 2. The zero-order chi connectivity index (χ0) is 24.2. The highest BCUT2D eigenvalue weighted by Gasteiger charge is 2.35. The van der Waals surface area contributed by atoms with Crippen LogP contribution in [0.3, 0.4) is 0 Å². The lowest BCUT2D eigenvalue weighted by molar-refractivity contribution is -0.148. The van der Waals surface area contributed by atoms with E-state index in [9.17, 15) is 19.5 Å². The van der Waals surface area contributed by atoms with E-state index in [-0.39, 0.29) is 25.4 Å². The molecule has 2 aromatic rings. The summed E-state index contributed by atoms with van der Waals surface area (Å²) in [6.45, 7) is 4.20. The number of ether oxygens (including phenoxy) is 1. The number of rotatable bonds is 9. The third-order valence-corrected chi connectivity index (χ3v) is 5.96. The molecule has 8 nitrogen and oxygen atoms in total. The molecule has 3 rings (SSSR count). The molecule has 0 bridgehead atoms. The van der Waals surface area contributed by atoms with Crippen LogP contribution in [0.4, 0.5) is 4.79 Å². The van der Waals surface area contributed by atoms with Gasteiger partial charge in [-0.25, -0.2) is 9.59 Å². The Kier molecular flexibility index (Phi) is 7.07. The molecule has 0 aliphatic heterocycles. The van der Waals surface area contributed by atoms with Gasteiger partial charge in [0.25, 0.3) is 0 Å². The molecular formula is C25H30N2O6. The molecule has 1 unspecified atom stereocenters. The number of benzene rings is 2. The molecular weight excluding hydrogens is 424 g/mol. The highest BCUT2D eigenvalue weighted by Crippen LogP contribution is 2.44. The summed E-state index contributed by atoms with van der Waals surface area (Å²) in [5.41, 5.74) is 2.01. The van der Waals surface area contributed by atoms with Crippen molar-refractivity contribution >= 4 is 18.0 Å². The number of carboxylic acid groups (broad SMARTS) is 1. The molecule has 8 heteroatoms. The van der Waals surface area contributed by atoms with E-state index in [4.69, 9.17) is 9.84 Å². The Balaban J connectivity index is 1.54. The summed E-state index contributed by atoms with van der Waals surface area (Å²) in [4.78, 5) is 35.9. The van der Waals surface area contributed by atoms with Crippen LogP contribution in [-0.4, -0.2) is 52.5 Å². The van der Waals surface area contributed by atoms with Gasteiger partial charge >= 0.3 is 12.1 Å². The summed E-state index contributed by atoms with van der Waals surface area (Å²) in [6, 6.07) is 16.1. The van der Waals surface area contributed by atoms with Gasteiger partial charge in [-0.05, 0) is 49.4 Å². The Morgan fingerprint density at radius 1 is 0.939 bits per heavy atom. The highest BCUT2D eigenvalue weighted by atomic mass is 16.5. The van der Waals surface area contributed by atoms with Crippen LogP contribution < -0.4 is 10.6 Å². The predicted molar refractivity (Wildman–Crippen MR) is 123 cm³/mol. The lowest BCUT2D eigenvalue weighted by Gasteiger charge is -2.28. The van der Waals surface area contributed by atoms with Gasteiger partial charge in [-0.1, -0.05) is 48.5 Å². The molecule has 0 saturated heterocycles. The second-order valence-electron chi connectivity index (χ2n) is 9.18. The van der Waals surface area contributed by atoms with Crippen molar-refractivity contribution in [2.75, 3.05) is 13.2 Å². The largest absolute Gasteiger partial charge is 0.479 e. The fourth-order valence-electron chi connectivity index (χ4n) is 3.93. The van der Waals surface area contributed by atoms with E-state index in [2.05, 4.69) is 22.8 Å². The van der Waals surface area contributed by atoms with Crippen molar-refractivity contribution in [1.82, 2.24) is 10.6 Å². The molecule has 176 valence electrons. The Hall–Kier alpha value is -3.39. The third kappa shape index (κ3) is 5.51. The number of amides is 2. The van der Waals surface area contributed by atoms with Crippen LogP contribution in [0, 0.1) is 0 Å². The van der Waals surface area contributed by atoms with E-state index < -0.39 is 35.7 Å². The Morgan fingerprint density at radius 2 is 1.48 bits per heavy atom. The summed E-state index contributed by atoms with van der Waals surface area (Å²) in [7, 11) is 0. The van der Waals surface area contributed by atoms with Gasteiger partial charge < -0.3 is 25.6 Å². The van der Waals surface area contributed by atoms with E-state index in [1.54, 1.807) is 13.8 Å². The monoisotopic (exact) mass is 454 g/mol. The number of aliphatic hydroxyl groups excluding tert-OH is 1. The average Bonchev–Trinajstić information content (AvgIpc) is 3.09. The number of nitrogens with one attached hydrogen (secondary N) is 2. The molecule has 0 fully saturated rings. The van der Waals surface area contributed by atoms with Crippen molar-refractivity contribution in [3.05, 3.63) is 59.7 Å². The Morgan fingerprint density at radius 3 is 2.00 bits per heavy atom. The van der Waals surface area contributed by atoms with Crippen LogP contribution in [0.1, 0.15) is 50.7 Å². The molecule has 0 aromatic heterocycles. The first-order chi connectivity index (χ1) is 15.6. The number of alkyl carbamates (subject to hydrolysis) is 1. The lowest BCUT2D eigenvalue weighted by Crippen LogP contribution is -2.55. The quantitative estimate of drug-likeness (QED) is 0.462. The zero-order valence-corrected chi connectivity index (χ0v) is 19.1. The molecule has 1 atom stereocenters. The zero-order valence-electron chi connectivity index (χ0n) is 19.1. The standard InChI is InChI=1S/C25H30N2O6/c1-24(2,13-12-21(29)26-25(3,15-28)22(30)31)27-23(32)33-14-20-18-10-6-4-8-16(18)17-9-5-7-11-19(17)20/h4-11,20,28H,12-15H2,1-3H3,(H,26,29)(H,27,32)(H,30,31). The van der Waals surface area contributed by atoms with Gasteiger partial charge in [0.15, 0.2) is 5.54 Å². The first-order valence-corrected chi connectivity index (χ1v) is 10.8. The minimum Gasteiger partial charge on any atom is -0.479 e. The van der Waals surface area contributed by atoms with Crippen molar-refractivity contribution in [3.8, 4) is 11.1 Å². The van der Waals surface area contributed by atoms with Crippen molar-refractivity contribution in [2.24, 2.45) is 0 Å². The number of carboxylic acids is 1. The van der Waals surface area contributed by atoms with Crippen molar-refractivity contribution in [3.63, 3.8) is 0 Å². The highest BCUT2D eigenvalue weighted by molar-refractivity contribution is 5.86. The molecule has 0 spiro atoms. The molecule has 1 aliphatic carbocycles. The summed E-state index contributed by atoms with van der Waals surface area (Å²) in [6.07, 6.45) is -0.364. The second-order valence-corrected chi connectivity index (χ2v) is 9.18.